The first-order valence-electron chi connectivity index (χ1n) is 6.62. The van der Waals surface area contributed by atoms with E-state index in [9.17, 15) is 12.8 Å². The Balaban J connectivity index is 2.22. The fourth-order valence-corrected chi connectivity index (χ4v) is 3.41. The van der Waals surface area contributed by atoms with Crippen molar-refractivity contribution in [1.29, 1.82) is 0 Å². The number of benzene rings is 1. The number of nitrogens with one attached hydrogen (secondary N) is 2. The summed E-state index contributed by atoms with van der Waals surface area (Å²) in [5.74, 6) is -0.566. The van der Waals surface area contributed by atoms with Crippen LogP contribution in [0.1, 0.15) is 12.8 Å². The van der Waals surface area contributed by atoms with Gasteiger partial charge in [-0.05, 0) is 19.4 Å². The van der Waals surface area contributed by atoms with Gasteiger partial charge in [0.2, 0.25) is 10.0 Å². The largest absolute Gasteiger partial charge is 0.493 e. The number of hydrogen-bond acceptors (Lipinski definition) is 5. The van der Waals surface area contributed by atoms with Gasteiger partial charge in [0.25, 0.3) is 0 Å². The number of rotatable bonds is 6. The molecule has 2 N–H and O–H groups in total. The van der Waals surface area contributed by atoms with Crippen molar-refractivity contribution in [2.45, 2.75) is 23.8 Å². The molecule has 1 aromatic rings. The summed E-state index contributed by atoms with van der Waals surface area (Å²) < 4.78 is 50.7. The van der Waals surface area contributed by atoms with E-state index in [4.69, 9.17) is 9.47 Å². The van der Waals surface area contributed by atoms with Crippen LogP contribution >= 0.6 is 0 Å². The molecule has 2 rings (SSSR count). The molecule has 0 unspecified atom stereocenters. The van der Waals surface area contributed by atoms with Gasteiger partial charge in [0.05, 0.1) is 14.2 Å². The minimum atomic E-state index is -3.94. The third-order valence-electron chi connectivity index (χ3n) is 3.41. The molecule has 1 heterocycles. The average Bonchev–Trinajstić information content (AvgIpc) is 2.98. The van der Waals surface area contributed by atoms with E-state index in [1.807, 2.05) is 0 Å². The molecular weight excluding hydrogens is 299 g/mol. The molecule has 0 radical (unpaired) electrons. The Morgan fingerprint density at radius 2 is 2.00 bits per heavy atom. The fourth-order valence-electron chi connectivity index (χ4n) is 2.26. The Morgan fingerprint density at radius 1 is 1.33 bits per heavy atom. The second-order valence-electron chi connectivity index (χ2n) is 4.78. The van der Waals surface area contributed by atoms with Crippen LogP contribution in [-0.2, 0) is 10.0 Å². The van der Waals surface area contributed by atoms with E-state index in [1.165, 1.54) is 14.2 Å². The molecule has 1 saturated heterocycles. The lowest BCUT2D eigenvalue weighted by molar-refractivity contribution is 0.350. The van der Waals surface area contributed by atoms with Crippen LogP contribution in [0.3, 0.4) is 0 Å². The van der Waals surface area contributed by atoms with Gasteiger partial charge < -0.3 is 14.8 Å². The predicted molar refractivity (Wildman–Crippen MR) is 75.7 cm³/mol. The number of methoxy groups -OCH3 is 2. The molecule has 1 aliphatic heterocycles. The molecule has 1 atom stereocenters. The van der Waals surface area contributed by atoms with Gasteiger partial charge >= 0.3 is 0 Å². The van der Waals surface area contributed by atoms with E-state index in [1.54, 1.807) is 0 Å². The molecule has 21 heavy (non-hydrogen) atoms. The van der Waals surface area contributed by atoms with Crippen LogP contribution < -0.4 is 19.5 Å². The van der Waals surface area contributed by atoms with Crippen LogP contribution in [0, 0.1) is 5.82 Å². The second-order valence-corrected chi connectivity index (χ2v) is 6.52. The topological polar surface area (TPSA) is 76.7 Å². The summed E-state index contributed by atoms with van der Waals surface area (Å²) in [6.07, 6.45) is 1.91. The summed E-state index contributed by atoms with van der Waals surface area (Å²) >= 11 is 0. The molecule has 1 aliphatic rings. The van der Waals surface area contributed by atoms with Gasteiger partial charge in [0, 0.05) is 24.7 Å². The normalized spacial score (nSPS) is 18.7. The summed E-state index contributed by atoms with van der Waals surface area (Å²) in [4.78, 5) is -0.446. The van der Waals surface area contributed by atoms with E-state index >= 15 is 0 Å². The van der Waals surface area contributed by atoms with E-state index in [0.29, 0.717) is 0 Å². The zero-order chi connectivity index (χ0) is 15.5. The standard InChI is InChI=1S/C13H19FN2O4S/c1-19-11-6-10(14)13(7-12(11)20-2)21(17,18)16-8-9-4-3-5-15-9/h6-7,9,15-16H,3-5,8H2,1-2H3/t9-/m1/s1. The lowest BCUT2D eigenvalue weighted by Crippen LogP contribution is -2.37. The lowest BCUT2D eigenvalue weighted by Gasteiger charge is -2.14. The quantitative estimate of drug-likeness (QED) is 0.814. The first-order valence-corrected chi connectivity index (χ1v) is 8.11. The summed E-state index contributed by atoms with van der Waals surface area (Å²) in [5, 5.41) is 3.17. The molecule has 0 saturated carbocycles. The Hall–Kier alpha value is -1.38. The van der Waals surface area contributed by atoms with E-state index in [2.05, 4.69) is 10.0 Å². The summed E-state index contributed by atoms with van der Waals surface area (Å²) in [5.41, 5.74) is 0. The highest BCUT2D eigenvalue weighted by molar-refractivity contribution is 7.89. The van der Waals surface area contributed by atoms with Gasteiger partial charge in [-0.2, -0.15) is 0 Å². The minimum absolute atomic E-state index is 0.0861. The van der Waals surface area contributed by atoms with Crippen LogP contribution in [0.4, 0.5) is 4.39 Å². The minimum Gasteiger partial charge on any atom is -0.493 e. The Kier molecular flexibility index (Phi) is 5.02. The predicted octanol–water partition coefficient (Wildman–Crippen LogP) is 0.873. The maximum Gasteiger partial charge on any atom is 0.243 e. The highest BCUT2D eigenvalue weighted by atomic mass is 32.2. The van der Waals surface area contributed by atoms with Gasteiger partial charge in [0.1, 0.15) is 10.7 Å². The zero-order valence-corrected chi connectivity index (χ0v) is 12.8. The fraction of sp³-hybridized carbons (Fsp3) is 0.538. The van der Waals surface area contributed by atoms with Crippen molar-refractivity contribution in [3.8, 4) is 11.5 Å². The Labute approximate surface area is 123 Å². The third-order valence-corrected chi connectivity index (χ3v) is 4.85. The van der Waals surface area contributed by atoms with Gasteiger partial charge in [-0.15, -0.1) is 0 Å². The van der Waals surface area contributed by atoms with Crippen LogP contribution in [-0.4, -0.2) is 41.8 Å². The lowest BCUT2D eigenvalue weighted by atomic mass is 10.2. The molecule has 1 fully saturated rings. The number of ether oxygens (including phenoxy) is 2. The molecule has 0 aliphatic carbocycles. The third kappa shape index (κ3) is 3.63. The SMILES string of the molecule is COc1cc(F)c(S(=O)(=O)NC[C@H]2CCCN2)cc1OC. The molecule has 118 valence electrons. The summed E-state index contributed by atoms with van der Waals surface area (Å²) in [6.45, 7) is 1.10. The summed E-state index contributed by atoms with van der Waals surface area (Å²) in [7, 11) is -1.22. The number of sulfonamides is 1. The molecule has 0 amide bonds. The molecule has 8 heteroatoms. The van der Waals surface area contributed by atoms with E-state index in [-0.39, 0.29) is 24.1 Å². The second kappa shape index (κ2) is 6.59. The van der Waals surface area contributed by atoms with Gasteiger partial charge in [-0.1, -0.05) is 0 Å². The average molecular weight is 318 g/mol. The maximum absolute atomic E-state index is 14.0. The molecule has 0 bridgehead atoms. The van der Waals surface area contributed by atoms with Crippen molar-refractivity contribution >= 4 is 10.0 Å². The molecule has 6 nitrogen and oxygen atoms in total. The Bertz CT molecular complexity index is 600. The van der Waals surface area contributed by atoms with Crippen molar-refractivity contribution in [3.63, 3.8) is 0 Å². The van der Waals surface area contributed by atoms with Gasteiger partial charge in [-0.3, -0.25) is 0 Å². The Morgan fingerprint density at radius 3 is 2.57 bits per heavy atom. The first-order chi connectivity index (χ1) is 9.97. The van der Waals surface area contributed by atoms with Crippen LogP contribution in [0.15, 0.2) is 17.0 Å². The first kappa shape index (κ1) is 16.0. The van der Waals surface area contributed by atoms with Gasteiger partial charge in [0.15, 0.2) is 11.5 Å². The summed E-state index contributed by atoms with van der Waals surface area (Å²) in [6, 6.07) is 2.21. The maximum atomic E-state index is 14.0. The van der Waals surface area contributed by atoms with Crippen molar-refractivity contribution in [2.24, 2.45) is 0 Å². The number of halogens is 1. The monoisotopic (exact) mass is 318 g/mol. The highest BCUT2D eigenvalue weighted by Crippen LogP contribution is 2.31. The van der Waals surface area contributed by atoms with E-state index in [0.717, 1.165) is 31.5 Å². The van der Waals surface area contributed by atoms with Crippen LogP contribution in [0.2, 0.25) is 0 Å². The highest BCUT2D eigenvalue weighted by Gasteiger charge is 2.24. The zero-order valence-electron chi connectivity index (χ0n) is 12.0. The molecule has 1 aromatic carbocycles. The molecule has 0 spiro atoms. The van der Waals surface area contributed by atoms with Crippen molar-refractivity contribution in [2.75, 3.05) is 27.3 Å². The van der Waals surface area contributed by atoms with Crippen molar-refractivity contribution in [1.82, 2.24) is 10.0 Å². The smallest absolute Gasteiger partial charge is 0.243 e. The van der Waals surface area contributed by atoms with Crippen LogP contribution in [0.25, 0.3) is 0 Å². The van der Waals surface area contributed by atoms with Crippen molar-refractivity contribution < 1.29 is 22.3 Å². The molecule has 0 aromatic heterocycles. The molecular formula is C13H19FN2O4S. The van der Waals surface area contributed by atoms with Crippen LogP contribution in [0.5, 0.6) is 11.5 Å². The van der Waals surface area contributed by atoms with Gasteiger partial charge in [-0.25, -0.2) is 17.5 Å². The van der Waals surface area contributed by atoms with E-state index < -0.39 is 20.7 Å². The number of hydrogen-bond donors (Lipinski definition) is 2. The van der Waals surface area contributed by atoms with Crippen molar-refractivity contribution in [3.05, 3.63) is 17.9 Å².